The average Bonchev–Trinajstić information content (AvgIpc) is 3.32. The predicted molar refractivity (Wildman–Crippen MR) is 207 cm³/mol. The third-order valence-electron chi connectivity index (χ3n) is 13.0. The Hall–Kier alpha value is -2.58. The summed E-state index contributed by atoms with van der Waals surface area (Å²) in [5.74, 6) is 1.12. The Labute approximate surface area is 288 Å². The van der Waals surface area contributed by atoms with Gasteiger partial charge in [0.15, 0.2) is 0 Å². The first-order valence-corrected chi connectivity index (χ1v) is 21.4. The van der Waals surface area contributed by atoms with Crippen LogP contribution in [-0.4, -0.2) is 14.7 Å². The van der Waals surface area contributed by atoms with Gasteiger partial charge in [0.2, 0.25) is 0 Å². The van der Waals surface area contributed by atoms with Crippen molar-refractivity contribution in [1.82, 2.24) is 0 Å². The lowest BCUT2D eigenvalue weighted by molar-refractivity contribution is 0.324. The highest BCUT2D eigenvalue weighted by Gasteiger charge is 2.53. The van der Waals surface area contributed by atoms with Crippen molar-refractivity contribution in [2.45, 2.75) is 154 Å². The Balaban J connectivity index is 1.49. The lowest BCUT2D eigenvalue weighted by Crippen LogP contribution is -2.56. The minimum Gasteiger partial charge on any atom is -0.489 e. The maximum atomic E-state index is 6.65. The summed E-state index contributed by atoms with van der Waals surface area (Å²) >= 11 is 0. The van der Waals surface area contributed by atoms with E-state index in [9.17, 15) is 0 Å². The molecule has 47 heavy (non-hydrogen) atoms. The number of rotatable bonds is 5. The van der Waals surface area contributed by atoms with E-state index in [1.54, 1.807) is 22.3 Å². The van der Waals surface area contributed by atoms with E-state index in [4.69, 9.17) is 4.74 Å². The van der Waals surface area contributed by atoms with E-state index >= 15 is 0 Å². The summed E-state index contributed by atoms with van der Waals surface area (Å²) in [5, 5.41) is 1.48. The minimum absolute atomic E-state index is 0.00505. The molecule has 0 spiro atoms. The predicted octanol–water partition coefficient (Wildman–Crippen LogP) is 11.7. The first-order chi connectivity index (χ1) is 21.5. The van der Waals surface area contributed by atoms with Crippen LogP contribution in [0.25, 0.3) is 11.1 Å². The summed E-state index contributed by atoms with van der Waals surface area (Å²) in [6, 6.07) is 15.3. The Kier molecular flexibility index (Phi) is 7.81. The van der Waals surface area contributed by atoms with Crippen molar-refractivity contribution in [3.63, 3.8) is 0 Å². The number of hydrogen-bond acceptors (Lipinski definition) is 1. The van der Waals surface area contributed by atoms with Gasteiger partial charge in [-0.05, 0) is 120 Å². The molecule has 0 radical (unpaired) electrons. The molecule has 0 saturated heterocycles. The van der Waals surface area contributed by atoms with E-state index in [2.05, 4.69) is 139 Å². The molecule has 0 bridgehead atoms. The van der Waals surface area contributed by atoms with Gasteiger partial charge < -0.3 is 4.74 Å². The van der Waals surface area contributed by atoms with Crippen molar-refractivity contribution in [2.24, 2.45) is 0 Å². The van der Waals surface area contributed by atoms with Crippen LogP contribution in [0.3, 0.4) is 0 Å². The topological polar surface area (TPSA) is 9.23 Å². The molecule has 0 aliphatic heterocycles. The number of aryl methyl sites for hydroxylation is 1. The maximum absolute atomic E-state index is 6.65. The molecule has 252 valence electrons. The summed E-state index contributed by atoms with van der Waals surface area (Å²) in [4.78, 5) is 0. The Morgan fingerprint density at radius 3 is 1.81 bits per heavy atom. The Morgan fingerprint density at radius 2 is 1.28 bits per heavy atom. The van der Waals surface area contributed by atoms with Gasteiger partial charge in [-0.2, -0.15) is 0 Å². The zero-order valence-electron chi connectivity index (χ0n) is 32.3. The molecule has 1 nitrogen and oxygen atoms in total. The van der Waals surface area contributed by atoms with Crippen molar-refractivity contribution >= 4 is 13.3 Å². The van der Waals surface area contributed by atoms with Crippen molar-refractivity contribution in [3.8, 4) is 16.9 Å². The molecule has 1 unspecified atom stereocenters. The lowest BCUT2D eigenvalue weighted by Gasteiger charge is -2.53. The smallest absolute Gasteiger partial charge is 0.122 e. The van der Waals surface area contributed by atoms with Crippen LogP contribution >= 0.6 is 0 Å². The molecule has 2 heteroatoms. The first-order valence-electron chi connectivity index (χ1n) is 18.3. The molecule has 0 saturated carbocycles. The van der Waals surface area contributed by atoms with Gasteiger partial charge in [-0.3, -0.25) is 0 Å². The number of ether oxygens (including phenoxy) is 1. The highest BCUT2D eigenvalue weighted by Crippen LogP contribution is 2.58. The molecule has 6 rings (SSSR count). The van der Waals surface area contributed by atoms with Crippen LogP contribution in [0.1, 0.15) is 140 Å². The van der Waals surface area contributed by atoms with Gasteiger partial charge >= 0.3 is 0 Å². The van der Waals surface area contributed by atoms with Crippen LogP contribution in [0.15, 0.2) is 49.1 Å². The molecule has 3 aliphatic rings. The van der Waals surface area contributed by atoms with E-state index in [-0.39, 0.29) is 27.1 Å². The maximum Gasteiger partial charge on any atom is 0.122 e. The molecule has 3 aromatic carbocycles. The van der Waals surface area contributed by atoms with Crippen molar-refractivity contribution < 1.29 is 4.74 Å². The van der Waals surface area contributed by atoms with Crippen LogP contribution in [0.4, 0.5) is 0 Å². The van der Waals surface area contributed by atoms with E-state index < -0.39 is 8.07 Å². The molecule has 0 amide bonds. The molecule has 3 aromatic rings. The summed E-state index contributed by atoms with van der Waals surface area (Å²) in [7, 11) is -2.11. The van der Waals surface area contributed by atoms with E-state index in [0.29, 0.717) is 12.1 Å². The fourth-order valence-electron chi connectivity index (χ4n) is 9.91. The van der Waals surface area contributed by atoms with Crippen molar-refractivity contribution in [3.05, 3.63) is 93.6 Å². The monoisotopic (exact) mass is 646 g/mol. The van der Waals surface area contributed by atoms with Gasteiger partial charge in [-0.1, -0.05) is 144 Å². The van der Waals surface area contributed by atoms with Crippen molar-refractivity contribution in [1.29, 1.82) is 0 Å². The third kappa shape index (κ3) is 5.40. The zero-order chi connectivity index (χ0) is 34.7. The molecule has 0 N–H and O–H groups in total. The quantitative estimate of drug-likeness (QED) is 0.155. The van der Waals surface area contributed by atoms with Gasteiger partial charge in [0.25, 0.3) is 0 Å². The second-order valence-electron chi connectivity index (χ2n) is 19.7. The zero-order valence-corrected chi connectivity index (χ0v) is 33.3. The summed E-state index contributed by atoms with van der Waals surface area (Å²) < 4.78 is 6.65. The Morgan fingerprint density at radius 1 is 0.766 bits per heavy atom. The summed E-state index contributed by atoms with van der Waals surface area (Å²) in [5.41, 5.74) is 16.1. The van der Waals surface area contributed by atoms with E-state index in [0.717, 1.165) is 12.2 Å². The second-order valence-corrected chi connectivity index (χ2v) is 24.4. The number of hydrogen-bond donors (Lipinski definition) is 0. The number of fused-ring (bicyclic) bond motifs is 5. The number of benzene rings is 3. The molecule has 1 atom stereocenters. The molecule has 0 heterocycles. The molecule has 3 aliphatic carbocycles. The minimum atomic E-state index is -2.11. The fraction of sp³-hybridized carbons (Fsp3) is 0.556. The molecule has 0 fully saturated rings. The largest absolute Gasteiger partial charge is 0.489 e. The Bertz CT molecular complexity index is 1770. The van der Waals surface area contributed by atoms with Crippen LogP contribution in [-0.2, 0) is 33.5 Å². The van der Waals surface area contributed by atoms with Gasteiger partial charge in [0, 0.05) is 0 Å². The second kappa shape index (κ2) is 10.7. The van der Waals surface area contributed by atoms with Crippen LogP contribution in [0, 0.1) is 6.92 Å². The molecule has 0 aromatic heterocycles. The third-order valence-corrected chi connectivity index (χ3v) is 17.4. The van der Waals surface area contributed by atoms with E-state index in [1.807, 2.05) is 6.08 Å². The summed E-state index contributed by atoms with van der Waals surface area (Å²) in [6.45, 7) is 39.0. The normalized spacial score (nSPS) is 21.7. The van der Waals surface area contributed by atoms with E-state index in [1.165, 1.54) is 57.8 Å². The van der Waals surface area contributed by atoms with Crippen LogP contribution in [0.5, 0.6) is 5.75 Å². The molecular formula is C45H62OSi. The average molecular weight is 647 g/mol. The SMILES string of the molecule is C=CCOc1c(C(C)(C)C)cc(C)cc1[Si](C)(C)C1CC(C)(C)c2cc3c(cc2C1(C)C)Cc1cc2c(cc1-3)C(C)(C)CCC2(C)C. The van der Waals surface area contributed by atoms with Gasteiger partial charge in [0.1, 0.15) is 12.4 Å². The van der Waals surface area contributed by atoms with Gasteiger partial charge in [-0.25, -0.2) is 0 Å². The fourth-order valence-corrected chi connectivity index (χ4v) is 14.7. The van der Waals surface area contributed by atoms with Crippen LogP contribution in [0.2, 0.25) is 18.6 Å². The van der Waals surface area contributed by atoms with Gasteiger partial charge in [0.05, 0.1) is 8.07 Å². The lowest BCUT2D eigenvalue weighted by atomic mass is 9.61. The van der Waals surface area contributed by atoms with Gasteiger partial charge in [-0.15, -0.1) is 0 Å². The van der Waals surface area contributed by atoms with Crippen molar-refractivity contribution in [2.75, 3.05) is 6.61 Å². The highest BCUT2D eigenvalue weighted by atomic mass is 28.3. The summed E-state index contributed by atoms with van der Waals surface area (Å²) in [6.07, 6.45) is 6.64. The highest BCUT2D eigenvalue weighted by molar-refractivity contribution is 6.92. The van der Waals surface area contributed by atoms with Crippen LogP contribution < -0.4 is 9.92 Å². The standard InChI is InChI=1S/C45H62OSi/c1-16-19-46-40-37(41(3,4)5)20-28(2)21-38(40)47(14,15)39-27-44(10,11)35-26-32-30(24-36(35)45(39,12)13)22-29-23-33-34(25-31(29)32)43(8,9)18-17-42(33,6)7/h16,20-21,23-26,39H,1,17-19,22,27H2,2-15H3. The first kappa shape index (κ1) is 34.3. The molecular weight excluding hydrogens is 585 g/mol.